The van der Waals surface area contributed by atoms with Crippen LogP contribution in [0.15, 0.2) is 35.8 Å². The largest absolute Gasteiger partial charge is 0.444 e. The summed E-state index contributed by atoms with van der Waals surface area (Å²) in [4.78, 5) is 43.0. The molecule has 1 saturated heterocycles. The van der Waals surface area contributed by atoms with Crippen LogP contribution in [-0.4, -0.2) is 61.8 Å². The second-order valence-electron chi connectivity index (χ2n) is 10.6. The number of pyridine rings is 2. The Labute approximate surface area is 225 Å². The molecule has 1 aliphatic rings. The summed E-state index contributed by atoms with van der Waals surface area (Å²) in [6.45, 7) is 16.0. The molecule has 1 aliphatic heterocycles. The van der Waals surface area contributed by atoms with E-state index in [1.165, 1.54) is 10.6 Å². The second-order valence-corrected chi connectivity index (χ2v) is 11.0. The minimum absolute atomic E-state index is 0.00600. The molecule has 1 unspecified atom stereocenters. The monoisotopic (exact) mass is 542 g/mol. The summed E-state index contributed by atoms with van der Waals surface area (Å²) in [7, 11) is 0. The van der Waals surface area contributed by atoms with Crippen molar-refractivity contribution < 1.29 is 13.9 Å². The highest BCUT2D eigenvalue weighted by atomic mass is 35.5. The van der Waals surface area contributed by atoms with Gasteiger partial charge in [0.05, 0.1) is 22.8 Å². The van der Waals surface area contributed by atoms with Crippen molar-refractivity contribution in [2.45, 2.75) is 59.1 Å². The van der Waals surface area contributed by atoms with E-state index in [1.54, 1.807) is 44.0 Å². The van der Waals surface area contributed by atoms with Crippen molar-refractivity contribution in [3.8, 4) is 5.69 Å². The van der Waals surface area contributed by atoms with Crippen molar-refractivity contribution in [3.05, 3.63) is 63.7 Å². The Morgan fingerprint density at radius 3 is 2.63 bits per heavy atom. The first kappa shape index (κ1) is 27.5. The molecule has 38 heavy (non-hydrogen) atoms. The number of ether oxygens (including phenoxy) is 1. The molecule has 3 aromatic heterocycles. The zero-order chi connectivity index (χ0) is 27.9. The summed E-state index contributed by atoms with van der Waals surface area (Å²) in [5, 5.41) is -0.0486. The van der Waals surface area contributed by atoms with E-state index in [1.807, 2.05) is 25.7 Å². The van der Waals surface area contributed by atoms with Crippen LogP contribution >= 0.6 is 11.6 Å². The Morgan fingerprint density at radius 2 is 2.00 bits per heavy atom. The van der Waals surface area contributed by atoms with E-state index in [2.05, 4.69) is 21.5 Å². The molecule has 4 heterocycles. The molecule has 3 aromatic rings. The first-order valence-corrected chi connectivity index (χ1v) is 12.8. The second kappa shape index (κ2) is 10.3. The SMILES string of the molecule is C=CC1CN(C(=O)OC(C)(C)C)CCN1c1nc(=O)n(-c2c(C)ccnc2C(C)C)c2nc(Cl)c(F)cc12. The van der Waals surface area contributed by atoms with E-state index in [0.717, 1.165) is 5.56 Å². The Hall–Kier alpha value is -3.53. The number of aryl methyl sites for hydroxylation is 1. The van der Waals surface area contributed by atoms with Gasteiger partial charge in [0.15, 0.2) is 16.6 Å². The van der Waals surface area contributed by atoms with Gasteiger partial charge in [0.1, 0.15) is 11.4 Å². The third kappa shape index (κ3) is 5.22. The van der Waals surface area contributed by atoms with Crippen LogP contribution in [0.3, 0.4) is 0 Å². The molecule has 0 spiro atoms. The van der Waals surface area contributed by atoms with Gasteiger partial charge in [-0.25, -0.2) is 23.5 Å². The molecule has 0 radical (unpaired) electrons. The number of carbonyl (C=O) groups is 1. The van der Waals surface area contributed by atoms with Gasteiger partial charge in [-0.15, -0.1) is 6.58 Å². The molecule has 4 rings (SSSR count). The van der Waals surface area contributed by atoms with Crippen molar-refractivity contribution in [3.63, 3.8) is 0 Å². The van der Waals surface area contributed by atoms with E-state index in [-0.39, 0.29) is 29.1 Å². The van der Waals surface area contributed by atoms with Crippen molar-refractivity contribution in [1.82, 2.24) is 24.4 Å². The lowest BCUT2D eigenvalue weighted by Crippen LogP contribution is -2.55. The minimum Gasteiger partial charge on any atom is -0.444 e. The number of hydrogen-bond acceptors (Lipinski definition) is 7. The fourth-order valence-corrected chi connectivity index (χ4v) is 4.69. The summed E-state index contributed by atoms with van der Waals surface area (Å²) in [6.07, 6.45) is 2.91. The summed E-state index contributed by atoms with van der Waals surface area (Å²) in [5.74, 6) is -0.499. The van der Waals surface area contributed by atoms with Gasteiger partial charge in [-0.3, -0.25) is 4.98 Å². The van der Waals surface area contributed by atoms with Crippen LogP contribution in [0.5, 0.6) is 0 Å². The molecular formula is C27H32ClFN6O3. The Morgan fingerprint density at radius 1 is 1.29 bits per heavy atom. The third-order valence-corrected chi connectivity index (χ3v) is 6.56. The maximum atomic E-state index is 14.8. The average Bonchev–Trinajstić information content (AvgIpc) is 2.83. The van der Waals surface area contributed by atoms with E-state index in [0.29, 0.717) is 29.9 Å². The molecule has 0 saturated carbocycles. The van der Waals surface area contributed by atoms with Crippen LogP contribution < -0.4 is 10.6 Å². The molecule has 202 valence electrons. The van der Waals surface area contributed by atoms with Crippen molar-refractivity contribution >= 4 is 34.5 Å². The van der Waals surface area contributed by atoms with E-state index >= 15 is 0 Å². The first-order chi connectivity index (χ1) is 17.8. The molecule has 1 amide bonds. The van der Waals surface area contributed by atoms with Crippen molar-refractivity contribution in [2.75, 3.05) is 24.5 Å². The predicted octanol–water partition coefficient (Wildman–Crippen LogP) is 5.01. The van der Waals surface area contributed by atoms with Gasteiger partial charge >= 0.3 is 11.8 Å². The van der Waals surface area contributed by atoms with Gasteiger partial charge in [-0.1, -0.05) is 31.5 Å². The average molecular weight is 543 g/mol. The van der Waals surface area contributed by atoms with Crippen molar-refractivity contribution in [2.24, 2.45) is 0 Å². The number of nitrogens with zero attached hydrogens (tertiary/aromatic N) is 6. The molecule has 0 aliphatic carbocycles. The zero-order valence-corrected chi connectivity index (χ0v) is 23.2. The van der Waals surface area contributed by atoms with E-state index in [4.69, 9.17) is 16.3 Å². The van der Waals surface area contributed by atoms with Crippen LogP contribution in [0.4, 0.5) is 15.0 Å². The molecular weight excluding hydrogens is 511 g/mol. The smallest absolute Gasteiger partial charge is 0.410 e. The van der Waals surface area contributed by atoms with Crippen LogP contribution in [0, 0.1) is 12.7 Å². The highest BCUT2D eigenvalue weighted by Crippen LogP contribution is 2.32. The number of aromatic nitrogens is 4. The molecule has 11 heteroatoms. The fourth-order valence-electron chi connectivity index (χ4n) is 4.56. The quantitative estimate of drug-likeness (QED) is 0.338. The summed E-state index contributed by atoms with van der Waals surface area (Å²) >= 11 is 6.12. The highest BCUT2D eigenvalue weighted by Gasteiger charge is 2.33. The van der Waals surface area contributed by atoms with Gasteiger partial charge < -0.3 is 14.5 Å². The van der Waals surface area contributed by atoms with Gasteiger partial charge in [0.2, 0.25) is 0 Å². The molecule has 0 aromatic carbocycles. The van der Waals surface area contributed by atoms with Gasteiger partial charge in [-0.2, -0.15) is 4.98 Å². The lowest BCUT2D eigenvalue weighted by molar-refractivity contribution is 0.0225. The molecule has 1 atom stereocenters. The lowest BCUT2D eigenvalue weighted by atomic mass is 10.0. The number of halogens is 2. The number of fused-ring (bicyclic) bond motifs is 1. The number of hydrogen-bond donors (Lipinski definition) is 0. The topological polar surface area (TPSA) is 93.5 Å². The van der Waals surface area contributed by atoms with Crippen molar-refractivity contribution in [1.29, 1.82) is 0 Å². The number of piperazine rings is 1. The molecule has 1 fully saturated rings. The number of carbonyl (C=O) groups excluding carboxylic acids is 1. The molecule has 0 bridgehead atoms. The van der Waals surface area contributed by atoms with Gasteiger partial charge in [0, 0.05) is 25.8 Å². The maximum absolute atomic E-state index is 14.8. The Bertz CT molecular complexity index is 1470. The van der Waals surface area contributed by atoms with Crippen LogP contribution in [0.1, 0.15) is 51.8 Å². The highest BCUT2D eigenvalue weighted by molar-refractivity contribution is 6.30. The maximum Gasteiger partial charge on any atom is 0.410 e. The first-order valence-electron chi connectivity index (χ1n) is 12.4. The molecule has 0 N–H and O–H groups in total. The van der Waals surface area contributed by atoms with Crippen LogP contribution in [0.2, 0.25) is 5.15 Å². The van der Waals surface area contributed by atoms with Gasteiger partial charge in [0.25, 0.3) is 0 Å². The van der Waals surface area contributed by atoms with E-state index < -0.39 is 29.2 Å². The van der Waals surface area contributed by atoms with E-state index in [9.17, 15) is 14.0 Å². The molecule has 9 nitrogen and oxygen atoms in total. The Kier molecular flexibility index (Phi) is 7.47. The standard InChI is InChI=1S/C27H32ClFN6O3/c1-8-17-14-33(26(37)38-27(5,6)7)11-12-34(17)23-18-13-19(29)22(28)31-24(18)35(25(36)32-23)21-16(4)9-10-30-20(21)15(2)3/h8-10,13,15,17H,1,11-12,14H2,2-7H3. The number of anilines is 1. The lowest BCUT2D eigenvalue weighted by Gasteiger charge is -2.41. The summed E-state index contributed by atoms with van der Waals surface area (Å²) < 4.78 is 21.7. The normalized spacial score (nSPS) is 16.3. The van der Waals surface area contributed by atoms with Crippen LogP contribution in [-0.2, 0) is 4.74 Å². The van der Waals surface area contributed by atoms with Crippen LogP contribution in [0.25, 0.3) is 16.7 Å². The summed E-state index contributed by atoms with van der Waals surface area (Å²) in [5.41, 5.74) is 0.947. The zero-order valence-electron chi connectivity index (χ0n) is 22.5. The summed E-state index contributed by atoms with van der Waals surface area (Å²) in [6, 6.07) is 2.62. The predicted molar refractivity (Wildman–Crippen MR) is 146 cm³/mol. The number of amides is 1. The third-order valence-electron chi connectivity index (χ3n) is 6.30. The minimum atomic E-state index is -0.734. The van der Waals surface area contributed by atoms with Gasteiger partial charge in [-0.05, 0) is 51.3 Å². The number of rotatable bonds is 4. The fraction of sp³-hybridized carbons (Fsp3) is 0.444. The Balaban J connectivity index is 1.88.